The van der Waals surface area contributed by atoms with E-state index < -0.39 is 6.04 Å². The monoisotopic (exact) mass is 407 g/mol. The van der Waals surface area contributed by atoms with Gasteiger partial charge in [-0.2, -0.15) is 0 Å². The molecule has 1 unspecified atom stereocenters. The highest BCUT2D eigenvalue weighted by molar-refractivity contribution is 5.80. The molecule has 1 aliphatic carbocycles. The quantitative estimate of drug-likeness (QED) is 0.676. The molecule has 1 saturated carbocycles. The van der Waals surface area contributed by atoms with Crippen LogP contribution >= 0.6 is 0 Å². The summed E-state index contributed by atoms with van der Waals surface area (Å²) in [5, 5.41) is 14.8. The first-order chi connectivity index (χ1) is 14.6. The number of amides is 1. The van der Waals surface area contributed by atoms with E-state index in [-0.39, 0.29) is 17.8 Å². The predicted octanol–water partition coefficient (Wildman–Crippen LogP) is 3.75. The minimum atomic E-state index is -0.617. The van der Waals surface area contributed by atoms with Crippen molar-refractivity contribution in [2.45, 2.75) is 57.0 Å². The van der Waals surface area contributed by atoms with Gasteiger partial charge in [0.1, 0.15) is 17.7 Å². The Hall–Kier alpha value is -3.09. The average Bonchev–Trinajstić information content (AvgIpc) is 3.19. The van der Waals surface area contributed by atoms with Crippen LogP contribution in [-0.4, -0.2) is 32.2 Å². The Morgan fingerprint density at radius 1 is 1.13 bits per heavy atom. The van der Waals surface area contributed by atoms with E-state index >= 15 is 0 Å². The Balaban J connectivity index is 1.43. The molecule has 156 valence electrons. The highest BCUT2D eigenvalue weighted by Gasteiger charge is 2.29. The zero-order valence-electron chi connectivity index (χ0n) is 17.0. The molecule has 7 heteroatoms. The minimum absolute atomic E-state index is 0.127. The van der Waals surface area contributed by atoms with E-state index in [1.807, 2.05) is 12.1 Å². The number of aromatic nitrogens is 4. The van der Waals surface area contributed by atoms with E-state index in [0.717, 1.165) is 31.2 Å². The first-order valence-electron chi connectivity index (χ1n) is 10.4. The summed E-state index contributed by atoms with van der Waals surface area (Å²) >= 11 is 0. The van der Waals surface area contributed by atoms with E-state index in [1.165, 1.54) is 22.4 Å². The van der Waals surface area contributed by atoms with Gasteiger partial charge in [0.15, 0.2) is 0 Å². The number of hydrogen-bond acceptors (Lipinski definition) is 4. The number of nitrogens with one attached hydrogen (secondary N) is 1. The third-order valence-corrected chi connectivity index (χ3v) is 5.92. The summed E-state index contributed by atoms with van der Waals surface area (Å²) in [6.45, 7) is 1.76. The number of benzene rings is 2. The number of hydrogen-bond donors (Lipinski definition) is 1. The SMILES string of the molecule is Cc1nnnn1C(Cc1cccc(F)c1)C(=O)NC1CCC(c2ccccc2)CC1. The minimum Gasteiger partial charge on any atom is -0.351 e. The van der Waals surface area contributed by atoms with Crippen LogP contribution in [0.5, 0.6) is 0 Å². The van der Waals surface area contributed by atoms with Gasteiger partial charge in [0, 0.05) is 12.5 Å². The molecule has 1 N–H and O–H groups in total. The lowest BCUT2D eigenvalue weighted by molar-refractivity contribution is -0.125. The van der Waals surface area contributed by atoms with Crippen LogP contribution < -0.4 is 5.32 Å². The van der Waals surface area contributed by atoms with Crippen molar-refractivity contribution in [3.05, 3.63) is 77.4 Å². The summed E-state index contributed by atoms with van der Waals surface area (Å²) in [4.78, 5) is 13.2. The molecule has 3 aromatic rings. The summed E-state index contributed by atoms with van der Waals surface area (Å²) in [5.41, 5.74) is 2.11. The van der Waals surface area contributed by atoms with Gasteiger partial charge in [0.2, 0.25) is 5.91 Å². The molecule has 1 heterocycles. The molecule has 4 rings (SSSR count). The zero-order valence-corrected chi connectivity index (χ0v) is 17.0. The summed E-state index contributed by atoms with van der Waals surface area (Å²) in [7, 11) is 0. The highest BCUT2D eigenvalue weighted by atomic mass is 19.1. The number of carbonyl (C=O) groups is 1. The van der Waals surface area contributed by atoms with Crippen molar-refractivity contribution in [1.29, 1.82) is 0 Å². The van der Waals surface area contributed by atoms with Crippen LogP contribution in [-0.2, 0) is 11.2 Å². The number of rotatable bonds is 6. The van der Waals surface area contributed by atoms with Gasteiger partial charge in [-0.15, -0.1) is 5.10 Å². The molecule has 2 aromatic carbocycles. The molecule has 1 aromatic heterocycles. The molecule has 0 saturated heterocycles. The molecule has 1 aliphatic rings. The lowest BCUT2D eigenvalue weighted by Crippen LogP contribution is -2.42. The lowest BCUT2D eigenvalue weighted by Gasteiger charge is -2.30. The summed E-state index contributed by atoms with van der Waals surface area (Å²) < 4.78 is 15.2. The largest absolute Gasteiger partial charge is 0.351 e. The van der Waals surface area contributed by atoms with Gasteiger partial charge >= 0.3 is 0 Å². The second-order valence-corrected chi connectivity index (χ2v) is 7.99. The fraction of sp³-hybridized carbons (Fsp3) is 0.391. The van der Waals surface area contributed by atoms with Crippen LogP contribution in [0.1, 0.15) is 54.6 Å². The molecule has 0 radical (unpaired) electrons. The van der Waals surface area contributed by atoms with Crippen LogP contribution in [0.2, 0.25) is 0 Å². The van der Waals surface area contributed by atoms with Crippen molar-refractivity contribution in [1.82, 2.24) is 25.5 Å². The van der Waals surface area contributed by atoms with E-state index in [4.69, 9.17) is 0 Å². The molecule has 0 aliphatic heterocycles. The first-order valence-corrected chi connectivity index (χ1v) is 10.4. The van der Waals surface area contributed by atoms with Crippen molar-refractivity contribution in [3.8, 4) is 0 Å². The number of tetrazole rings is 1. The molecule has 0 spiro atoms. The van der Waals surface area contributed by atoms with E-state index in [0.29, 0.717) is 18.2 Å². The third kappa shape index (κ3) is 4.72. The Morgan fingerprint density at radius 3 is 2.57 bits per heavy atom. The molecule has 0 bridgehead atoms. The van der Waals surface area contributed by atoms with E-state index in [9.17, 15) is 9.18 Å². The average molecular weight is 407 g/mol. The molecule has 30 heavy (non-hydrogen) atoms. The summed E-state index contributed by atoms with van der Waals surface area (Å²) in [6.07, 6.45) is 4.30. The third-order valence-electron chi connectivity index (χ3n) is 5.92. The van der Waals surface area contributed by atoms with Crippen LogP contribution in [0.25, 0.3) is 0 Å². The zero-order chi connectivity index (χ0) is 20.9. The fourth-order valence-electron chi connectivity index (χ4n) is 4.30. The number of carbonyl (C=O) groups excluding carboxylic acids is 1. The molecular formula is C23H26FN5O. The van der Waals surface area contributed by atoms with Crippen molar-refractivity contribution < 1.29 is 9.18 Å². The van der Waals surface area contributed by atoms with Crippen molar-refractivity contribution in [2.75, 3.05) is 0 Å². The maximum absolute atomic E-state index is 13.6. The van der Waals surface area contributed by atoms with Crippen LogP contribution in [0, 0.1) is 12.7 Å². The van der Waals surface area contributed by atoms with Gasteiger partial charge < -0.3 is 5.32 Å². The van der Waals surface area contributed by atoms with E-state index in [1.54, 1.807) is 13.0 Å². The van der Waals surface area contributed by atoms with E-state index in [2.05, 4.69) is 45.1 Å². The maximum Gasteiger partial charge on any atom is 0.245 e. The van der Waals surface area contributed by atoms with Gasteiger partial charge in [-0.1, -0.05) is 42.5 Å². The Kier molecular flexibility index (Phi) is 6.16. The van der Waals surface area contributed by atoms with Crippen molar-refractivity contribution in [2.24, 2.45) is 0 Å². The number of halogens is 1. The first kappa shape index (κ1) is 20.2. The van der Waals surface area contributed by atoms with Crippen LogP contribution in [0.4, 0.5) is 4.39 Å². The highest BCUT2D eigenvalue weighted by Crippen LogP contribution is 2.33. The molecule has 6 nitrogen and oxygen atoms in total. The van der Waals surface area contributed by atoms with Crippen LogP contribution in [0.15, 0.2) is 54.6 Å². The second kappa shape index (κ2) is 9.15. The Labute approximate surface area is 175 Å². The van der Waals surface area contributed by atoms with Gasteiger partial charge in [-0.25, -0.2) is 9.07 Å². The van der Waals surface area contributed by atoms with Gasteiger partial charge in [-0.05, 0) is 72.2 Å². The number of aryl methyl sites for hydroxylation is 1. The topological polar surface area (TPSA) is 72.7 Å². The van der Waals surface area contributed by atoms with Gasteiger partial charge in [0.25, 0.3) is 0 Å². The summed E-state index contributed by atoms with van der Waals surface area (Å²) in [6, 6.07) is 16.4. The smallest absolute Gasteiger partial charge is 0.245 e. The van der Waals surface area contributed by atoms with Crippen molar-refractivity contribution in [3.63, 3.8) is 0 Å². The summed E-state index contributed by atoms with van der Waals surface area (Å²) in [5.74, 6) is 0.653. The predicted molar refractivity (Wildman–Crippen MR) is 111 cm³/mol. The molecular weight excluding hydrogens is 381 g/mol. The maximum atomic E-state index is 13.6. The normalized spacial score (nSPS) is 19.9. The van der Waals surface area contributed by atoms with Gasteiger partial charge in [0.05, 0.1) is 0 Å². The molecule has 1 atom stereocenters. The Bertz CT molecular complexity index is 982. The Morgan fingerprint density at radius 2 is 1.90 bits per heavy atom. The van der Waals surface area contributed by atoms with Gasteiger partial charge in [-0.3, -0.25) is 4.79 Å². The van der Waals surface area contributed by atoms with Crippen LogP contribution in [0.3, 0.4) is 0 Å². The molecule has 1 amide bonds. The lowest BCUT2D eigenvalue weighted by atomic mass is 9.81. The number of nitrogens with zero attached hydrogens (tertiary/aromatic N) is 4. The van der Waals surface area contributed by atoms with Crippen molar-refractivity contribution >= 4 is 5.91 Å². The fourth-order valence-corrected chi connectivity index (χ4v) is 4.30. The molecule has 1 fully saturated rings. The standard InChI is InChI=1S/C23H26FN5O/c1-16-26-27-28-29(16)22(15-17-6-5-9-20(24)14-17)23(30)25-21-12-10-19(11-13-21)18-7-3-2-4-8-18/h2-9,14,19,21-22H,10-13,15H2,1H3,(H,25,30). The second-order valence-electron chi connectivity index (χ2n) is 7.99.